The Morgan fingerprint density at radius 1 is 1.26 bits per heavy atom. The van der Waals surface area contributed by atoms with E-state index in [9.17, 15) is 0 Å². The number of ether oxygens (including phenoxy) is 1. The Balaban J connectivity index is 2.15. The molecule has 0 fully saturated rings. The number of benzene rings is 1. The van der Waals surface area contributed by atoms with E-state index in [1.54, 1.807) is 29.8 Å². The Morgan fingerprint density at radius 3 is 2.79 bits per heavy atom. The van der Waals surface area contributed by atoms with Crippen LogP contribution in [0.4, 0.5) is 5.00 Å². The predicted molar refractivity (Wildman–Crippen MR) is 82.8 cm³/mol. The maximum absolute atomic E-state index is 6.16. The van der Waals surface area contributed by atoms with Crippen LogP contribution in [-0.2, 0) is 11.3 Å². The number of fused-ring (bicyclic) bond motifs is 1. The van der Waals surface area contributed by atoms with Crippen LogP contribution >= 0.6 is 22.7 Å². The number of hydrogen-bond donors (Lipinski definition) is 1. The van der Waals surface area contributed by atoms with Gasteiger partial charge in [-0.1, -0.05) is 12.1 Å². The Labute approximate surface area is 119 Å². The molecule has 1 aromatic carbocycles. The van der Waals surface area contributed by atoms with Gasteiger partial charge < -0.3 is 10.5 Å². The van der Waals surface area contributed by atoms with E-state index in [1.165, 1.54) is 15.1 Å². The lowest BCUT2D eigenvalue weighted by Gasteiger charge is -1.98. The number of thiazole rings is 1. The van der Waals surface area contributed by atoms with Gasteiger partial charge in [-0.3, -0.25) is 0 Å². The van der Waals surface area contributed by atoms with Crippen molar-refractivity contribution in [3.05, 3.63) is 34.7 Å². The fourth-order valence-corrected chi connectivity index (χ4v) is 4.29. The summed E-state index contributed by atoms with van der Waals surface area (Å²) in [4.78, 5) is 5.86. The van der Waals surface area contributed by atoms with Gasteiger partial charge in [-0.2, -0.15) is 0 Å². The van der Waals surface area contributed by atoms with E-state index in [-0.39, 0.29) is 0 Å². The monoisotopic (exact) mass is 290 g/mol. The zero-order chi connectivity index (χ0) is 13.4. The Kier molecular flexibility index (Phi) is 3.26. The summed E-state index contributed by atoms with van der Waals surface area (Å²) < 4.78 is 6.40. The van der Waals surface area contributed by atoms with Crippen molar-refractivity contribution in [2.45, 2.75) is 13.5 Å². The first-order valence-corrected chi connectivity index (χ1v) is 7.56. The van der Waals surface area contributed by atoms with E-state index in [4.69, 9.17) is 10.5 Å². The van der Waals surface area contributed by atoms with E-state index < -0.39 is 0 Å². The zero-order valence-electron chi connectivity index (χ0n) is 10.8. The molecule has 0 unspecified atom stereocenters. The van der Waals surface area contributed by atoms with Gasteiger partial charge in [0.2, 0.25) is 0 Å². The number of hydrogen-bond acceptors (Lipinski definition) is 5. The SMILES string of the molecule is COCc1sc(N)c(-c2nc3ccccc3s2)c1C. The van der Waals surface area contributed by atoms with Crippen molar-refractivity contribution in [2.24, 2.45) is 0 Å². The molecule has 0 spiro atoms. The quantitative estimate of drug-likeness (QED) is 0.791. The summed E-state index contributed by atoms with van der Waals surface area (Å²) in [5, 5.41) is 1.82. The number of aromatic nitrogens is 1. The fraction of sp³-hybridized carbons (Fsp3) is 0.214. The van der Waals surface area contributed by atoms with Crippen LogP contribution in [0.2, 0.25) is 0 Å². The Hall–Kier alpha value is -1.43. The van der Waals surface area contributed by atoms with Gasteiger partial charge in [0.05, 0.1) is 21.8 Å². The summed E-state index contributed by atoms with van der Waals surface area (Å²) in [6.07, 6.45) is 0. The van der Waals surface area contributed by atoms with E-state index in [1.807, 2.05) is 18.2 Å². The van der Waals surface area contributed by atoms with Gasteiger partial charge in [0, 0.05) is 17.6 Å². The van der Waals surface area contributed by atoms with E-state index in [0.717, 1.165) is 21.1 Å². The largest absolute Gasteiger partial charge is 0.390 e. The highest BCUT2D eigenvalue weighted by Gasteiger charge is 2.17. The molecular weight excluding hydrogens is 276 g/mol. The number of para-hydroxylation sites is 1. The third-order valence-corrected chi connectivity index (χ3v) is 5.20. The highest BCUT2D eigenvalue weighted by molar-refractivity contribution is 7.22. The zero-order valence-corrected chi connectivity index (χ0v) is 12.4. The maximum atomic E-state index is 6.16. The Morgan fingerprint density at radius 2 is 2.05 bits per heavy atom. The van der Waals surface area contributed by atoms with Crippen LogP contribution in [0.25, 0.3) is 20.8 Å². The molecule has 3 aromatic rings. The lowest BCUT2D eigenvalue weighted by atomic mass is 10.1. The average molecular weight is 290 g/mol. The number of nitrogens with two attached hydrogens (primary N) is 1. The summed E-state index contributed by atoms with van der Waals surface area (Å²) in [7, 11) is 1.70. The van der Waals surface area contributed by atoms with Crippen molar-refractivity contribution < 1.29 is 4.74 Å². The lowest BCUT2D eigenvalue weighted by Crippen LogP contribution is -1.87. The number of methoxy groups -OCH3 is 1. The minimum Gasteiger partial charge on any atom is -0.390 e. The van der Waals surface area contributed by atoms with Crippen molar-refractivity contribution in [2.75, 3.05) is 12.8 Å². The van der Waals surface area contributed by atoms with Gasteiger partial charge >= 0.3 is 0 Å². The predicted octanol–water partition coefficient (Wildman–Crippen LogP) is 4.06. The van der Waals surface area contributed by atoms with Crippen LogP contribution in [0.5, 0.6) is 0 Å². The molecule has 2 N–H and O–H groups in total. The number of rotatable bonds is 3. The normalized spacial score (nSPS) is 11.3. The highest BCUT2D eigenvalue weighted by Crippen LogP contribution is 2.41. The third-order valence-electron chi connectivity index (χ3n) is 3.06. The minimum absolute atomic E-state index is 0.603. The van der Waals surface area contributed by atoms with Crippen LogP contribution in [0, 0.1) is 6.92 Å². The second kappa shape index (κ2) is 4.92. The van der Waals surface area contributed by atoms with Crippen molar-refractivity contribution >= 4 is 37.9 Å². The van der Waals surface area contributed by atoms with Crippen LogP contribution in [-0.4, -0.2) is 12.1 Å². The summed E-state index contributed by atoms with van der Waals surface area (Å²) >= 11 is 3.27. The molecule has 0 aliphatic carbocycles. The van der Waals surface area contributed by atoms with E-state index in [2.05, 4.69) is 18.0 Å². The summed E-state index contributed by atoms with van der Waals surface area (Å²) in [5.41, 5.74) is 9.44. The molecule has 3 nitrogen and oxygen atoms in total. The molecule has 0 saturated carbocycles. The second-order valence-electron chi connectivity index (χ2n) is 4.31. The molecule has 5 heteroatoms. The number of nitrogens with zero attached hydrogens (tertiary/aromatic N) is 1. The van der Waals surface area contributed by atoms with Crippen molar-refractivity contribution in [3.63, 3.8) is 0 Å². The van der Waals surface area contributed by atoms with Gasteiger partial charge in [0.1, 0.15) is 5.01 Å². The summed E-state index contributed by atoms with van der Waals surface area (Å²) in [5.74, 6) is 0. The van der Waals surface area contributed by atoms with Crippen LogP contribution in [0.1, 0.15) is 10.4 Å². The topological polar surface area (TPSA) is 48.1 Å². The van der Waals surface area contributed by atoms with Crippen LogP contribution < -0.4 is 5.73 Å². The molecular formula is C14H14N2OS2. The molecule has 2 heterocycles. The molecule has 0 atom stereocenters. The van der Waals surface area contributed by atoms with Crippen molar-refractivity contribution in [3.8, 4) is 10.6 Å². The van der Waals surface area contributed by atoms with Crippen molar-refractivity contribution in [1.82, 2.24) is 4.98 Å². The van der Waals surface area contributed by atoms with Crippen molar-refractivity contribution in [1.29, 1.82) is 0 Å². The molecule has 0 amide bonds. The fourth-order valence-electron chi connectivity index (χ4n) is 2.10. The van der Waals surface area contributed by atoms with Gasteiger partial charge in [0.15, 0.2) is 0 Å². The first-order chi connectivity index (χ1) is 9.20. The third kappa shape index (κ3) is 2.14. The summed E-state index contributed by atoms with van der Waals surface area (Å²) in [6.45, 7) is 2.69. The second-order valence-corrected chi connectivity index (χ2v) is 6.48. The molecule has 19 heavy (non-hydrogen) atoms. The molecule has 0 aliphatic rings. The van der Waals surface area contributed by atoms with Gasteiger partial charge in [-0.15, -0.1) is 22.7 Å². The highest BCUT2D eigenvalue weighted by atomic mass is 32.1. The summed E-state index contributed by atoms with van der Waals surface area (Å²) in [6, 6.07) is 8.16. The number of nitrogen functional groups attached to an aromatic ring is 1. The molecule has 98 valence electrons. The first kappa shape index (κ1) is 12.6. The molecule has 0 bridgehead atoms. The lowest BCUT2D eigenvalue weighted by molar-refractivity contribution is 0.187. The minimum atomic E-state index is 0.603. The smallest absolute Gasteiger partial charge is 0.127 e. The van der Waals surface area contributed by atoms with Crippen LogP contribution in [0.3, 0.4) is 0 Å². The maximum Gasteiger partial charge on any atom is 0.127 e. The standard InChI is InChI=1S/C14H14N2OS2/c1-8-11(7-17-2)18-13(15)12(8)14-16-9-5-3-4-6-10(9)19-14/h3-6H,7,15H2,1-2H3. The van der Waals surface area contributed by atoms with Gasteiger partial charge in [-0.25, -0.2) is 4.98 Å². The van der Waals surface area contributed by atoms with E-state index in [0.29, 0.717) is 6.61 Å². The molecule has 0 saturated heterocycles. The van der Waals surface area contributed by atoms with Gasteiger partial charge in [-0.05, 0) is 24.6 Å². The molecule has 3 rings (SSSR count). The van der Waals surface area contributed by atoms with Gasteiger partial charge in [0.25, 0.3) is 0 Å². The number of thiophene rings is 1. The van der Waals surface area contributed by atoms with E-state index >= 15 is 0 Å². The Bertz CT molecular complexity index is 697. The number of anilines is 1. The molecule has 2 aromatic heterocycles. The average Bonchev–Trinajstić information content (AvgIpc) is 2.91. The molecule has 0 radical (unpaired) electrons. The van der Waals surface area contributed by atoms with Crippen LogP contribution in [0.15, 0.2) is 24.3 Å². The first-order valence-electron chi connectivity index (χ1n) is 5.93. The molecule has 0 aliphatic heterocycles.